The van der Waals surface area contributed by atoms with Crippen molar-refractivity contribution >= 4 is 11.6 Å². The van der Waals surface area contributed by atoms with Gasteiger partial charge in [0.2, 0.25) is 5.88 Å². The number of rotatable bonds is 2. The van der Waals surface area contributed by atoms with Crippen LogP contribution in [0.3, 0.4) is 0 Å². The van der Waals surface area contributed by atoms with Crippen LogP contribution >= 0.6 is 11.6 Å². The Morgan fingerprint density at radius 1 is 1.33 bits per heavy atom. The molecular formula is C13H8ClFN2O. The summed E-state index contributed by atoms with van der Waals surface area (Å²) in [5.74, 6) is 0.388. The van der Waals surface area contributed by atoms with E-state index in [1.54, 1.807) is 19.1 Å². The molecule has 1 heterocycles. The molecule has 1 aromatic heterocycles. The lowest BCUT2D eigenvalue weighted by molar-refractivity contribution is 0.460. The van der Waals surface area contributed by atoms with Crippen LogP contribution in [0.2, 0.25) is 5.02 Å². The summed E-state index contributed by atoms with van der Waals surface area (Å²) in [4.78, 5) is 3.93. The van der Waals surface area contributed by atoms with Gasteiger partial charge in [-0.25, -0.2) is 9.37 Å². The Morgan fingerprint density at radius 3 is 2.78 bits per heavy atom. The van der Waals surface area contributed by atoms with Gasteiger partial charge in [0, 0.05) is 6.07 Å². The van der Waals surface area contributed by atoms with Gasteiger partial charge in [-0.3, -0.25) is 0 Å². The third kappa shape index (κ3) is 2.58. The maximum absolute atomic E-state index is 13.1. The largest absolute Gasteiger partial charge is 0.439 e. The van der Waals surface area contributed by atoms with Gasteiger partial charge in [-0.15, -0.1) is 0 Å². The highest BCUT2D eigenvalue weighted by atomic mass is 35.5. The quantitative estimate of drug-likeness (QED) is 0.826. The Morgan fingerprint density at radius 2 is 2.11 bits per heavy atom. The van der Waals surface area contributed by atoms with Gasteiger partial charge in [-0.2, -0.15) is 5.26 Å². The van der Waals surface area contributed by atoms with Crippen LogP contribution in [0.15, 0.2) is 30.3 Å². The molecule has 0 saturated heterocycles. The molecule has 0 amide bonds. The summed E-state index contributed by atoms with van der Waals surface area (Å²) >= 11 is 5.76. The van der Waals surface area contributed by atoms with Gasteiger partial charge < -0.3 is 4.74 Å². The Bertz CT molecular complexity index is 637. The van der Waals surface area contributed by atoms with Crippen LogP contribution in [0.4, 0.5) is 4.39 Å². The third-order valence-corrected chi connectivity index (χ3v) is 2.58. The van der Waals surface area contributed by atoms with Gasteiger partial charge in [0.1, 0.15) is 17.6 Å². The average molecular weight is 263 g/mol. The first-order chi connectivity index (χ1) is 8.60. The average Bonchev–Trinajstić information content (AvgIpc) is 2.36. The predicted octanol–water partition coefficient (Wildman–Crippen LogP) is 3.85. The molecule has 2 rings (SSSR count). The van der Waals surface area contributed by atoms with Gasteiger partial charge >= 0.3 is 0 Å². The normalized spacial score (nSPS) is 9.89. The maximum Gasteiger partial charge on any atom is 0.220 e. The molecule has 0 radical (unpaired) electrons. The highest BCUT2D eigenvalue weighted by Gasteiger charge is 2.06. The predicted molar refractivity (Wildman–Crippen MR) is 65.2 cm³/mol. The molecule has 90 valence electrons. The van der Waals surface area contributed by atoms with Crippen LogP contribution in [0.1, 0.15) is 11.3 Å². The fourth-order valence-electron chi connectivity index (χ4n) is 1.36. The van der Waals surface area contributed by atoms with Crippen molar-refractivity contribution in [2.24, 2.45) is 0 Å². The summed E-state index contributed by atoms with van der Waals surface area (Å²) in [6.45, 7) is 1.64. The standard InChI is InChI=1S/C13H8ClFN2O/c1-8-6-9(2-4-11(8)15)18-13-5-3-10(14)12(7-16)17-13/h2-6H,1H3. The van der Waals surface area contributed by atoms with E-state index in [-0.39, 0.29) is 22.4 Å². The smallest absolute Gasteiger partial charge is 0.220 e. The second kappa shape index (κ2) is 5.03. The topological polar surface area (TPSA) is 45.9 Å². The Labute approximate surface area is 108 Å². The molecule has 5 heteroatoms. The molecule has 1 aromatic carbocycles. The second-order valence-corrected chi connectivity index (χ2v) is 4.01. The maximum atomic E-state index is 13.1. The van der Waals surface area contributed by atoms with E-state index in [0.717, 1.165) is 0 Å². The molecule has 0 aliphatic heterocycles. The lowest BCUT2D eigenvalue weighted by Gasteiger charge is -2.06. The highest BCUT2D eigenvalue weighted by Crippen LogP contribution is 2.24. The number of aryl methyl sites for hydroxylation is 1. The third-order valence-electron chi connectivity index (χ3n) is 2.28. The van der Waals surface area contributed by atoms with E-state index < -0.39 is 0 Å². The summed E-state index contributed by atoms with van der Waals surface area (Å²) in [5.41, 5.74) is 0.565. The molecule has 0 spiro atoms. The zero-order valence-corrected chi connectivity index (χ0v) is 10.2. The molecule has 0 aliphatic rings. The number of benzene rings is 1. The molecule has 0 N–H and O–H groups in total. The molecular weight excluding hydrogens is 255 g/mol. The summed E-state index contributed by atoms with van der Waals surface area (Å²) in [6.07, 6.45) is 0. The van der Waals surface area contributed by atoms with Crippen molar-refractivity contribution in [1.82, 2.24) is 4.98 Å². The number of aromatic nitrogens is 1. The van der Waals surface area contributed by atoms with E-state index in [9.17, 15) is 4.39 Å². The first-order valence-electron chi connectivity index (χ1n) is 5.11. The van der Waals surface area contributed by atoms with E-state index >= 15 is 0 Å². The molecule has 0 bridgehead atoms. The Hall–Kier alpha value is -2.12. The SMILES string of the molecule is Cc1cc(Oc2ccc(Cl)c(C#N)n2)ccc1F. The lowest BCUT2D eigenvalue weighted by atomic mass is 10.2. The van der Waals surface area contributed by atoms with E-state index in [2.05, 4.69) is 4.98 Å². The molecule has 0 unspecified atom stereocenters. The van der Waals surface area contributed by atoms with Crippen molar-refractivity contribution in [2.75, 3.05) is 0 Å². The minimum Gasteiger partial charge on any atom is -0.439 e. The summed E-state index contributed by atoms with van der Waals surface area (Å²) in [5, 5.41) is 9.05. The van der Waals surface area contributed by atoms with E-state index in [1.807, 2.05) is 6.07 Å². The molecule has 0 aliphatic carbocycles. The number of hydrogen-bond donors (Lipinski definition) is 0. The van der Waals surface area contributed by atoms with Crippen molar-refractivity contribution in [3.63, 3.8) is 0 Å². The Balaban J connectivity index is 2.29. The van der Waals surface area contributed by atoms with Crippen molar-refractivity contribution < 1.29 is 9.13 Å². The molecule has 18 heavy (non-hydrogen) atoms. The van der Waals surface area contributed by atoms with Gasteiger partial charge in [-0.1, -0.05) is 11.6 Å². The zero-order valence-electron chi connectivity index (χ0n) is 9.45. The number of halogens is 2. The van der Waals surface area contributed by atoms with Crippen molar-refractivity contribution in [3.8, 4) is 17.7 Å². The molecule has 0 saturated carbocycles. The van der Waals surface area contributed by atoms with Crippen molar-refractivity contribution in [1.29, 1.82) is 5.26 Å². The van der Waals surface area contributed by atoms with Crippen LogP contribution in [-0.4, -0.2) is 4.98 Å². The van der Waals surface area contributed by atoms with Crippen molar-refractivity contribution in [3.05, 3.63) is 52.4 Å². The lowest BCUT2D eigenvalue weighted by Crippen LogP contribution is -1.92. The van der Waals surface area contributed by atoms with E-state index in [1.165, 1.54) is 18.2 Å². The van der Waals surface area contributed by atoms with Crippen LogP contribution in [0.25, 0.3) is 0 Å². The first kappa shape index (κ1) is 12.3. The minimum absolute atomic E-state index is 0.0907. The van der Waals surface area contributed by atoms with Crippen LogP contribution in [-0.2, 0) is 0 Å². The number of ether oxygens (including phenoxy) is 1. The van der Waals surface area contributed by atoms with E-state index in [0.29, 0.717) is 11.3 Å². The van der Waals surface area contributed by atoms with Crippen LogP contribution in [0.5, 0.6) is 11.6 Å². The molecule has 2 aromatic rings. The number of hydrogen-bond acceptors (Lipinski definition) is 3. The van der Waals surface area contributed by atoms with Gasteiger partial charge in [-0.05, 0) is 36.8 Å². The van der Waals surface area contributed by atoms with E-state index in [4.69, 9.17) is 21.6 Å². The molecule has 0 atom stereocenters. The number of nitrogens with zero attached hydrogens (tertiary/aromatic N) is 2. The Kier molecular flexibility index (Phi) is 3.45. The van der Waals surface area contributed by atoms with Gasteiger partial charge in [0.05, 0.1) is 5.02 Å². The fraction of sp³-hybridized carbons (Fsp3) is 0.0769. The number of pyridine rings is 1. The highest BCUT2D eigenvalue weighted by molar-refractivity contribution is 6.31. The first-order valence-corrected chi connectivity index (χ1v) is 5.48. The molecule has 3 nitrogen and oxygen atoms in total. The summed E-state index contributed by atoms with van der Waals surface area (Å²) in [7, 11) is 0. The van der Waals surface area contributed by atoms with Crippen LogP contribution in [0, 0.1) is 24.1 Å². The minimum atomic E-state index is -0.302. The van der Waals surface area contributed by atoms with Crippen molar-refractivity contribution in [2.45, 2.75) is 6.92 Å². The second-order valence-electron chi connectivity index (χ2n) is 3.60. The van der Waals surface area contributed by atoms with Gasteiger partial charge in [0.25, 0.3) is 0 Å². The van der Waals surface area contributed by atoms with Gasteiger partial charge in [0.15, 0.2) is 5.69 Å². The summed E-state index contributed by atoms with van der Waals surface area (Å²) < 4.78 is 18.5. The van der Waals surface area contributed by atoms with Crippen LogP contribution < -0.4 is 4.74 Å². The zero-order chi connectivity index (χ0) is 13.1. The monoisotopic (exact) mass is 262 g/mol. The number of nitriles is 1. The molecule has 0 fully saturated rings. The summed E-state index contributed by atoms with van der Waals surface area (Å²) in [6, 6.07) is 9.28. The fourth-order valence-corrected chi connectivity index (χ4v) is 1.51.